The smallest absolute Gasteiger partial charge is 0.191 e. The molecule has 6 heteroatoms. The number of nitrogens with zero attached hydrogens (tertiary/aromatic N) is 2. The molecular formula is C25H43IN4O. The molecule has 2 atom stereocenters. The summed E-state index contributed by atoms with van der Waals surface area (Å²) in [5.74, 6) is 1.41. The van der Waals surface area contributed by atoms with Crippen LogP contribution in [0.3, 0.4) is 0 Å². The van der Waals surface area contributed by atoms with Crippen LogP contribution in [-0.2, 0) is 4.74 Å². The number of guanidine groups is 1. The van der Waals surface area contributed by atoms with Gasteiger partial charge in [-0.2, -0.15) is 0 Å². The minimum atomic E-state index is 0. The van der Waals surface area contributed by atoms with Crippen LogP contribution in [0.25, 0.3) is 0 Å². The Morgan fingerprint density at radius 2 is 1.87 bits per heavy atom. The van der Waals surface area contributed by atoms with Gasteiger partial charge in [0.1, 0.15) is 0 Å². The minimum Gasteiger partial charge on any atom is -0.373 e. The first-order chi connectivity index (χ1) is 14.7. The van der Waals surface area contributed by atoms with Crippen molar-refractivity contribution in [2.45, 2.75) is 71.4 Å². The van der Waals surface area contributed by atoms with Gasteiger partial charge in [0.2, 0.25) is 0 Å². The van der Waals surface area contributed by atoms with Crippen molar-refractivity contribution >= 4 is 29.9 Å². The summed E-state index contributed by atoms with van der Waals surface area (Å²) in [5, 5.41) is 7.17. The van der Waals surface area contributed by atoms with Gasteiger partial charge in [-0.3, -0.25) is 4.99 Å². The number of nitrogens with one attached hydrogen (secondary N) is 2. The second-order valence-electron chi connectivity index (χ2n) is 8.94. The standard InChI is InChI=1S/C25H42N4O.HI/c1-4-6-15-29-16-13-23(14-17-29)28-25(26-5-2)27-19-22-8-7-18-30-24(22)21-11-9-20(3)10-12-21;/h9-12,22-24H,4-8,13-19H2,1-3H3,(H2,26,27,28);1H. The van der Waals surface area contributed by atoms with E-state index in [9.17, 15) is 0 Å². The van der Waals surface area contributed by atoms with E-state index in [4.69, 9.17) is 9.73 Å². The molecule has 0 amide bonds. The lowest BCUT2D eigenvalue weighted by atomic mass is 9.89. The van der Waals surface area contributed by atoms with Gasteiger partial charge in [-0.25, -0.2) is 0 Å². The number of unbranched alkanes of at least 4 members (excludes halogenated alkanes) is 1. The number of hydrogen-bond donors (Lipinski definition) is 2. The van der Waals surface area contributed by atoms with Gasteiger partial charge < -0.3 is 20.3 Å². The molecule has 2 N–H and O–H groups in total. The highest BCUT2D eigenvalue weighted by atomic mass is 127. The Hall–Kier alpha value is -0.860. The highest BCUT2D eigenvalue weighted by Crippen LogP contribution is 2.34. The van der Waals surface area contributed by atoms with E-state index in [1.807, 2.05) is 0 Å². The summed E-state index contributed by atoms with van der Waals surface area (Å²) in [5.41, 5.74) is 2.58. The molecule has 0 radical (unpaired) electrons. The number of aryl methyl sites for hydroxylation is 1. The molecular weight excluding hydrogens is 499 g/mol. The van der Waals surface area contributed by atoms with Gasteiger partial charge in [0.25, 0.3) is 0 Å². The topological polar surface area (TPSA) is 48.9 Å². The molecule has 2 aliphatic rings. The summed E-state index contributed by atoms with van der Waals surface area (Å²) in [4.78, 5) is 7.60. The third kappa shape index (κ3) is 8.54. The van der Waals surface area contributed by atoms with Gasteiger partial charge in [0.15, 0.2) is 5.96 Å². The molecule has 0 aromatic heterocycles. The van der Waals surface area contributed by atoms with Crippen LogP contribution < -0.4 is 10.6 Å². The molecule has 1 aromatic carbocycles. The van der Waals surface area contributed by atoms with Gasteiger partial charge in [0, 0.05) is 44.7 Å². The molecule has 3 rings (SSSR count). The lowest BCUT2D eigenvalue weighted by Gasteiger charge is -2.33. The Balaban J connectivity index is 0.00000341. The van der Waals surface area contributed by atoms with E-state index >= 15 is 0 Å². The van der Waals surface area contributed by atoms with Crippen LogP contribution in [0.2, 0.25) is 0 Å². The average molecular weight is 543 g/mol. The summed E-state index contributed by atoms with van der Waals surface area (Å²) in [6.07, 6.45) is 7.46. The van der Waals surface area contributed by atoms with E-state index in [-0.39, 0.29) is 30.1 Å². The molecule has 176 valence electrons. The summed E-state index contributed by atoms with van der Waals surface area (Å²) in [7, 11) is 0. The molecule has 2 unspecified atom stereocenters. The number of ether oxygens (including phenoxy) is 1. The summed E-state index contributed by atoms with van der Waals surface area (Å²) in [6.45, 7) is 12.7. The van der Waals surface area contributed by atoms with Crippen molar-refractivity contribution in [1.82, 2.24) is 15.5 Å². The van der Waals surface area contributed by atoms with Crippen molar-refractivity contribution in [3.63, 3.8) is 0 Å². The van der Waals surface area contributed by atoms with Gasteiger partial charge >= 0.3 is 0 Å². The van der Waals surface area contributed by atoms with Crippen LogP contribution >= 0.6 is 24.0 Å². The Morgan fingerprint density at radius 3 is 2.55 bits per heavy atom. The average Bonchev–Trinajstić information content (AvgIpc) is 2.78. The van der Waals surface area contributed by atoms with Crippen LogP contribution in [-0.4, -0.2) is 56.2 Å². The van der Waals surface area contributed by atoms with Gasteiger partial charge in [-0.1, -0.05) is 43.2 Å². The van der Waals surface area contributed by atoms with Gasteiger partial charge in [-0.05, 0) is 58.1 Å². The van der Waals surface area contributed by atoms with Crippen LogP contribution in [0.4, 0.5) is 0 Å². The predicted octanol–water partition coefficient (Wildman–Crippen LogP) is 4.90. The number of rotatable bonds is 8. The zero-order valence-electron chi connectivity index (χ0n) is 19.7. The van der Waals surface area contributed by atoms with Crippen LogP contribution in [0.5, 0.6) is 0 Å². The molecule has 0 saturated carbocycles. The monoisotopic (exact) mass is 542 g/mol. The van der Waals surface area contributed by atoms with Crippen molar-refractivity contribution in [1.29, 1.82) is 0 Å². The van der Waals surface area contributed by atoms with Crippen LogP contribution in [0.15, 0.2) is 29.3 Å². The second kappa shape index (κ2) is 14.3. The third-order valence-electron chi connectivity index (χ3n) is 6.44. The molecule has 2 fully saturated rings. The molecule has 2 saturated heterocycles. The largest absolute Gasteiger partial charge is 0.373 e. The second-order valence-corrected chi connectivity index (χ2v) is 8.94. The third-order valence-corrected chi connectivity index (χ3v) is 6.44. The van der Waals surface area contributed by atoms with E-state index in [1.54, 1.807) is 0 Å². The first-order valence-corrected chi connectivity index (χ1v) is 12.1. The number of hydrogen-bond acceptors (Lipinski definition) is 3. The minimum absolute atomic E-state index is 0. The van der Waals surface area contributed by atoms with Crippen LogP contribution in [0, 0.1) is 12.8 Å². The Labute approximate surface area is 206 Å². The molecule has 31 heavy (non-hydrogen) atoms. The summed E-state index contributed by atoms with van der Waals surface area (Å²) in [6, 6.07) is 9.34. The molecule has 0 bridgehead atoms. The number of halogens is 1. The molecule has 0 spiro atoms. The SMILES string of the molecule is CCCCN1CCC(NC(=NCC2CCCOC2c2ccc(C)cc2)NCC)CC1.I. The van der Waals surface area contributed by atoms with E-state index in [2.05, 4.69) is 60.6 Å². The Morgan fingerprint density at radius 1 is 1.13 bits per heavy atom. The first kappa shape index (κ1) is 26.4. The van der Waals surface area contributed by atoms with Gasteiger partial charge in [0.05, 0.1) is 6.10 Å². The van der Waals surface area contributed by atoms with E-state index in [0.29, 0.717) is 12.0 Å². The van der Waals surface area contributed by atoms with Gasteiger partial charge in [-0.15, -0.1) is 24.0 Å². The lowest BCUT2D eigenvalue weighted by molar-refractivity contribution is -0.0250. The number of piperidine rings is 1. The quantitative estimate of drug-likeness (QED) is 0.279. The molecule has 0 aliphatic carbocycles. The maximum absolute atomic E-state index is 6.19. The maximum Gasteiger partial charge on any atom is 0.191 e. The fraction of sp³-hybridized carbons (Fsp3) is 0.720. The maximum atomic E-state index is 6.19. The van der Waals surface area contributed by atoms with Crippen molar-refractivity contribution in [2.75, 3.05) is 39.3 Å². The lowest BCUT2D eigenvalue weighted by Crippen LogP contribution is -2.49. The fourth-order valence-corrected chi connectivity index (χ4v) is 4.56. The molecule has 1 aromatic rings. The first-order valence-electron chi connectivity index (χ1n) is 12.1. The zero-order chi connectivity index (χ0) is 21.2. The normalized spacial score (nSPS) is 23.3. The Kier molecular flexibility index (Phi) is 12.2. The Bertz CT molecular complexity index is 643. The van der Waals surface area contributed by atoms with E-state index < -0.39 is 0 Å². The van der Waals surface area contributed by atoms with E-state index in [0.717, 1.165) is 32.1 Å². The predicted molar refractivity (Wildman–Crippen MR) is 141 cm³/mol. The molecule has 5 nitrogen and oxygen atoms in total. The highest BCUT2D eigenvalue weighted by molar-refractivity contribution is 14.0. The van der Waals surface area contributed by atoms with Crippen molar-refractivity contribution in [3.8, 4) is 0 Å². The fourth-order valence-electron chi connectivity index (χ4n) is 4.56. The van der Waals surface area contributed by atoms with E-state index in [1.165, 1.54) is 62.9 Å². The summed E-state index contributed by atoms with van der Waals surface area (Å²) < 4.78 is 6.19. The highest BCUT2D eigenvalue weighted by Gasteiger charge is 2.27. The van der Waals surface area contributed by atoms with Crippen LogP contribution in [0.1, 0.15) is 69.6 Å². The van der Waals surface area contributed by atoms with Crippen molar-refractivity contribution < 1.29 is 4.74 Å². The molecule has 2 heterocycles. The van der Waals surface area contributed by atoms with Crippen molar-refractivity contribution in [2.24, 2.45) is 10.9 Å². The summed E-state index contributed by atoms with van der Waals surface area (Å²) >= 11 is 0. The number of likely N-dealkylation sites (tertiary alicyclic amines) is 1. The number of benzene rings is 1. The number of aliphatic imine (C=N–C) groups is 1. The molecule has 2 aliphatic heterocycles. The zero-order valence-corrected chi connectivity index (χ0v) is 22.1. The van der Waals surface area contributed by atoms with Crippen molar-refractivity contribution in [3.05, 3.63) is 35.4 Å².